The molecule has 0 bridgehead atoms. The lowest BCUT2D eigenvalue weighted by molar-refractivity contribution is 1.44. The number of fused-ring (bicyclic) bond motifs is 6. The first kappa shape index (κ1) is 27.2. The van der Waals surface area contributed by atoms with Crippen LogP contribution >= 0.6 is 0 Å². The number of rotatable bonds is 4. The zero-order chi connectivity index (χ0) is 31.2. The first-order chi connectivity index (χ1) is 23.3. The zero-order valence-corrected chi connectivity index (χ0v) is 25.8. The Morgan fingerprint density at radius 3 is 1.47 bits per heavy atom. The molecule has 0 aliphatic carbocycles. The van der Waals surface area contributed by atoms with Crippen molar-refractivity contribution in [2.24, 2.45) is 9.98 Å². The Hall–Kier alpha value is -6.12. The Bertz CT molecular complexity index is 2570. The monoisotopic (exact) mass is 598 g/mol. The van der Waals surface area contributed by atoms with Gasteiger partial charge in [-0.2, -0.15) is 0 Å². The molecule has 0 aromatic heterocycles. The minimum atomic E-state index is 0.661. The van der Waals surface area contributed by atoms with Crippen LogP contribution in [-0.2, 0) is 0 Å². The second-order valence-electron chi connectivity index (χ2n) is 12.1. The molecule has 0 saturated heterocycles. The SMILES string of the molecule is C1=C(c2cc3ccccc3c3ccccc23)N=C(c2ccc(-c3ccccc3)cc2)N=C(c2cc3ccccc3c3ccccc23)C1. The number of allylic oxidation sites excluding steroid dienone is 1. The quantitative estimate of drug-likeness (QED) is 0.180. The first-order valence-electron chi connectivity index (χ1n) is 16.1. The number of aliphatic imine (C=N–C) groups is 2. The lowest BCUT2D eigenvalue weighted by atomic mass is 9.93. The van der Waals surface area contributed by atoms with E-state index in [1.807, 2.05) is 0 Å². The van der Waals surface area contributed by atoms with E-state index in [9.17, 15) is 0 Å². The van der Waals surface area contributed by atoms with E-state index in [0.717, 1.165) is 33.9 Å². The highest BCUT2D eigenvalue weighted by Gasteiger charge is 2.19. The molecule has 0 radical (unpaired) electrons. The molecule has 0 atom stereocenters. The van der Waals surface area contributed by atoms with E-state index in [0.29, 0.717) is 6.42 Å². The predicted molar refractivity (Wildman–Crippen MR) is 200 cm³/mol. The van der Waals surface area contributed by atoms with E-state index in [2.05, 4.69) is 170 Å². The summed E-state index contributed by atoms with van der Waals surface area (Å²) in [5.74, 6) is 0.720. The lowest BCUT2D eigenvalue weighted by Crippen LogP contribution is -2.06. The van der Waals surface area contributed by atoms with Crippen LogP contribution in [-0.4, -0.2) is 11.5 Å². The van der Waals surface area contributed by atoms with Crippen molar-refractivity contribution < 1.29 is 0 Å². The lowest BCUT2D eigenvalue weighted by Gasteiger charge is -2.12. The maximum Gasteiger partial charge on any atom is 0.160 e. The van der Waals surface area contributed by atoms with E-state index in [4.69, 9.17) is 9.98 Å². The van der Waals surface area contributed by atoms with Crippen molar-refractivity contribution >= 4 is 60.3 Å². The average molecular weight is 599 g/mol. The second kappa shape index (κ2) is 11.3. The molecule has 0 spiro atoms. The summed E-state index contributed by atoms with van der Waals surface area (Å²) in [6.07, 6.45) is 2.93. The van der Waals surface area contributed by atoms with Crippen LogP contribution in [0.15, 0.2) is 180 Å². The van der Waals surface area contributed by atoms with Crippen LogP contribution in [0.25, 0.3) is 59.9 Å². The van der Waals surface area contributed by atoms with Crippen LogP contribution < -0.4 is 0 Å². The van der Waals surface area contributed by atoms with Crippen LogP contribution in [0.4, 0.5) is 0 Å². The number of hydrogen-bond acceptors (Lipinski definition) is 2. The largest absolute Gasteiger partial charge is 0.232 e. The van der Waals surface area contributed by atoms with Gasteiger partial charge in [-0.15, -0.1) is 0 Å². The van der Waals surface area contributed by atoms with Crippen LogP contribution in [0.2, 0.25) is 0 Å². The van der Waals surface area contributed by atoms with Crippen molar-refractivity contribution in [3.05, 3.63) is 187 Å². The normalized spacial score (nSPS) is 13.4. The molecule has 0 saturated carbocycles. The number of benzene rings is 8. The first-order valence-corrected chi connectivity index (χ1v) is 16.1. The van der Waals surface area contributed by atoms with Crippen molar-refractivity contribution in [2.45, 2.75) is 6.42 Å². The Balaban J connectivity index is 1.26. The van der Waals surface area contributed by atoms with Crippen LogP contribution in [0.5, 0.6) is 0 Å². The standard InChI is InChI=1S/C45H30N2/c1-2-12-30(13-3-1)31-22-24-32(25-23-31)45-46-43(41-28-33-14-4-6-16-35(33)37-18-8-10-20-39(37)41)26-27-44(47-45)42-29-34-15-5-7-17-36(34)38-19-9-11-21-40(38)42/h1-26,28-29H,27H2. The highest BCUT2D eigenvalue weighted by atomic mass is 14.9. The third kappa shape index (κ3) is 4.83. The summed E-state index contributed by atoms with van der Waals surface area (Å²) >= 11 is 0. The molecule has 2 heteroatoms. The fourth-order valence-corrected chi connectivity index (χ4v) is 7.02. The predicted octanol–water partition coefficient (Wildman–Crippen LogP) is 11.6. The second-order valence-corrected chi connectivity index (χ2v) is 12.1. The van der Waals surface area contributed by atoms with Crippen molar-refractivity contribution in [3.63, 3.8) is 0 Å². The van der Waals surface area contributed by atoms with Gasteiger partial charge >= 0.3 is 0 Å². The molecule has 1 aliphatic rings. The number of nitrogens with zero attached hydrogens (tertiary/aromatic N) is 2. The van der Waals surface area contributed by atoms with Gasteiger partial charge in [0.2, 0.25) is 0 Å². The Morgan fingerprint density at radius 2 is 0.830 bits per heavy atom. The summed E-state index contributed by atoms with van der Waals surface area (Å²) in [7, 11) is 0. The molecule has 1 heterocycles. The summed E-state index contributed by atoms with van der Waals surface area (Å²) in [4.78, 5) is 10.8. The average Bonchev–Trinajstić information content (AvgIpc) is 3.38. The third-order valence-corrected chi connectivity index (χ3v) is 9.33. The van der Waals surface area contributed by atoms with Gasteiger partial charge in [0.25, 0.3) is 0 Å². The van der Waals surface area contributed by atoms with Gasteiger partial charge in [0, 0.05) is 23.1 Å². The molecule has 9 rings (SSSR count). The van der Waals surface area contributed by atoms with Gasteiger partial charge in [-0.25, -0.2) is 9.98 Å². The molecule has 0 amide bonds. The van der Waals surface area contributed by atoms with E-state index in [1.54, 1.807) is 0 Å². The minimum absolute atomic E-state index is 0.661. The Morgan fingerprint density at radius 1 is 0.362 bits per heavy atom. The molecule has 0 unspecified atom stereocenters. The molecular weight excluding hydrogens is 569 g/mol. The van der Waals surface area contributed by atoms with Crippen molar-refractivity contribution in [3.8, 4) is 11.1 Å². The molecule has 47 heavy (non-hydrogen) atoms. The smallest absolute Gasteiger partial charge is 0.160 e. The highest BCUT2D eigenvalue weighted by Crippen LogP contribution is 2.36. The molecule has 8 aromatic rings. The summed E-state index contributed by atoms with van der Waals surface area (Å²) in [5.41, 5.74) is 7.58. The fourth-order valence-electron chi connectivity index (χ4n) is 7.02. The van der Waals surface area contributed by atoms with Crippen LogP contribution in [0, 0.1) is 0 Å². The van der Waals surface area contributed by atoms with E-state index in [1.165, 1.54) is 54.2 Å². The van der Waals surface area contributed by atoms with Crippen molar-refractivity contribution in [2.75, 3.05) is 0 Å². The minimum Gasteiger partial charge on any atom is -0.232 e. The maximum absolute atomic E-state index is 5.41. The maximum atomic E-state index is 5.41. The third-order valence-electron chi connectivity index (χ3n) is 9.33. The van der Waals surface area contributed by atoms with Gasteiger partial charge in [0.1, 0.15) is 0 Å². The fraction of sp³-hybridized carbons (Fsp3) is 0.0222. The molecule has 1 aliphatic heterocycles. The zero-order valence-electron chi connectivity index (χ0n) is 25.8. The molecular formula is C45H30N2. The molecule has 2 nitrogen and oxygen atoms in total. The molecule has 8 aromatic carbocycles. The van der Waals surface area contributed by atoms with Crippen LogP contribution in [0.3, 0.4) is 0 Å². The molecule has 0 N–H and O–H groups in total. The van der Waals surface area contributed by atoms with Gasteiger partial charge in [-0.05, 0) is 66.3 Å². The molecule has 220 valence electrons. The highest BCUT2D eigenvalue weighted by molar-refractivity contribution is 6.23. The topological polar surface area (TPSA) is 24.7 Å². The van der Waals surface area contributed by atoms with Gasteiger partial charge < -0.3 is 0 Å². The Labute approximate surface area is 273 Å². The summed E-state index contributed by atoms with van der Waals surface area (Å²) in [5, 5.41) is 9.79. The van der Waals surface area contributed by atoms with E-state index < -0.39 is 0 Å². The van der Waals surface area contributed by atoms with Gasteiger partial charge in [-0.1, -0.05) is 158 Å². The Kier molecular flexibility index (Phi) is 6.57. The van der Waals surface area contributed by atoms with E-state index in [-0.39, 0.29) is 0 Å². The van der Waals surface area contributed by atoms with Crippen LogP contribution in [0.1, 0.15) is 23.1 Å². The van der Waals surface area contributed by atoms with Crippen molar-refractivity contribution in [1.82, 2.24) is 0 Å². The summed E-state index contributed by atoms with van der Waals surface area (Å²) in [6, 6.07) is 58.4. The van der Waals surface area contributed by atoms with Gasteiger partial charge in [0.05, 0.1) is 11.4 Å². The van der Waals surface area contributed by atoms with Gasteiger partial charge in [-0.3, -0.25) is 0 Å². The van der Waals surface area contributed by atoms with Gasteiger partial charge in [0.15, 0.2) is 5.84 Å². The summed E-state index contributed by atoms with van der Waals surface area (Å²) in [6.45, 7) is 0. The molecule has 0 fully saturated rings. The summed E-state index contributed by atoms with van der Waals surface area (Å²) < 4.78 is 0. The van der Waals surface area contributed by atoms with Crippen molar-refractivity contribution in [1.29, 1.82) is 0 Å². The number of amidine groups is 1. The van der Waals surface area contributed by atoms with E-state index >= 15 is 0 Å². The number of hydrogen-bond donors (Lipinski definition) is 0.